The molecule has 0 radical (unpaired) electrons. The van der Waals surface area contributed by atoms with Crippen molar-refractivity contribution in [3.05, 3.63) is 0 Å². The zero-order valence-corrected chi connectivity index (χ0v) is 8.00. The molecule has 0 aromatic rings. The van der Waals surface area contributed by atoms with Crippen molar-refractivity contribution in [2.45, 2.75) is 50.7 Å². The van der Waals surface area contributed by atoms with Crippen LogP contribution >= 0.6 is 0 Å². The van der Waals surface area contributed by atoms with Crippen molar-refractivity contribution < 1.29 is 5.11 Å². The van der Waals surface area contributed by atoms with Gasteiger partial charge in [-0.25, -0.2) is 0 Å². The average Bonchev–Trinajstić information content (AvgIpc) is 2.17. The van der Waals surface area contributed by atoms with Gasteiger partial charge in [0.15, 0.2) is 0 Å². The predicted octanol–water partition coefficient (Wildman–Crippen LogP) is 1.18. The van der Waals surface area contributed by atoms with Gasteiger partial charge in [0.25, 0.3) is 0 Å². The third kappa shape index (κ3) is 4.25. The summed E-state index contributed by atoms with van der Waals surface area (Å²) >= 11 is 0. The van der Waals surface area contributed by atoms with Gasteiger partial charge in [-0.2, -0.15) is 5.26 Å². The molecule has 1 rings (SSSR count). The molecule has 0 aromatic heterocycles. The first-order valence-corrected chi connectivity index (χ1v) is 5.11. The van der Waals surface area contributed by atoms with Crippen molar-refractivity contribution >= 4 is 0 Å². The van der Waals surface area contributed by atoms with E-state index in [9.17, 15) is 5.11 Å². The molecule has 1 saturated carbocycles. The Morgan fingerprint density at radius 2 is 2.08 bits per heavy atom. The fourth-order valence-corrected chi connectivity index (χ4v) is 1.79. The van der Waals surface area contributed by atoms with Crippen LogP contribution in [0.5, 0.6) is 0 Å². The lowest BCUT2D eigenvalue weighted by molar-refractivity contribution is 0.167. The van der Waals surface area contributed by atoms with Crippen LogP contribution in [0.1, 0.15) is 38.5 Å². The molecule has 3 nitrogen and oxygen atoms in total. The van der Waals surface area contributed by atoms with Crippen LogP contribution in [-0.4, -0.2) is 23.8 Å². The zero-order chi connectivity index (χ0) is 9.52. The first-order chi connectivity index (χ1) is 6.33. The molecule has 13 heavy (non-hydrogen) atoms. The lowest BCUT2D eigenvalue weighted by Crippen LogP contribution is -2.36. The molecule has 1 fully saturated rings. The highest BCUT2D eigenvalue weighted by molar-refractivity contribution is 4.79. The number of hydrogen-bond donors (Lipinski definition) is 2. The average molecular weight is 182 g/mol. The van der Waals surface area contributed by atoms with Crippen LogP contribution in [0, 0.1) is 11.3 Å². The van der Waals surface area contributed by atoms with Crippen LogP contribution in [0.3, 0.4) is 0 Å². The Kier molecular flexibility index (Phi) is 4.81. The molecule has 0 bridgehead atoms. The SMILES string of the molecule is N#CCC(O)CNC1CCCCC1. The molecule has 0 aliphatic heterocycles. The number of nitrogens with zero attached hydrogens (tertiary/aromatic N) is 1. The molecule has 1 aliphatic carbocycles. The molecular weight excluding hydrogens is 164 g/mol. The van der Waals surface area contributed by atoms with Gasteiger partial charge in [-0.1, -0.05) is 19.3 Å². The van der Waals surface area contributed by atoms with E-state index in [0.717, 1.165) is 0 Å². The van der Waals surface area contributed by atoms with E-state index >= 15 is 0 Å². The fourth-order valence-electron chi connectivity index (χ4n) is 1.79. The Hall–Kier alpha value is -0.590. The predicted molar refractivity (Wildman–Crippen MR) is 51.1 cm³/mol. The molecule has 1 unspecified atom stereocenters. The van der Waals surface area contributed by atoms with E-state index in [1.807, 2.05) is 6.07 Å². The van der Waals surface area contributed by atoms with E-state index in [-0.39, 0.29) is 6.42 Å². The second-order valence-corrected chi connectivity index (χ2v) is 3.76. The van der Waals surface area contributed by atoms with Gasteiger partial charge >= 0.3 is 0 Å². The second-order valence-electron chi connectivity index (χ2n) is 3.76. The molecule has 74 valence electrons. The summed E-state index contributed by atoms with van der Waals surface area (Å²) in [7, 11) is 0. The summed E-state index contributed by atoms with van der Waals surface area (Å²) in [5, 5.41) is 20.9. The minimum Gasteiger partial charge on any atom is -0.391 e. The normalized spacial score (nSPS) is 20.9. The highest BCUT2D eigenvalue weighted by Gasteiger charge is 2.13. The van der Waals surface area contributed by atoms with E-state index in [4.69, 9.17) is 5.26 Å². The Labute approximate surface area is 79.8 Å². The van der Waals surface area contributed by atoms with Crippen LogP contribution in [-0.2, 0) is 0 Å². The van der Waals surface area contributed by atoms with E-state index < -0.39 is 6.10 Å². The molecule has 0 spiro atoms. The molecular formula is C10H18N2O. The van der Waals surface area contributed by atoms with Gasteiger partial charge in [0, 0.05) is 12.6 Å². The maximum absolute atomic E-state index is 9.29. The van der Waals surface area contributed by atoms with Gasteiger partial charge in [0.05, 0.1) is 18.6 Å². The van der Waals surface area contributed by atoms with Crippen molar-refractivity contribution in [2.24, 2.45) is 0 Å². The molecule has 0 saturated heterocycles. The first kappa shape index (κ1) is 10.5. The summed E-state index contributed by atoms with van der Waals surface area (Å²) in [6.45, 7) is 0.568. The summed E-state index contributed by atoms with van der Waals surface area (Å²) in [6.07, 6.45) is 6.13. The molecule has 3 heteroatoms. The minimum atomic E-state index is -0.494. The van der Waals surface area contributed by atoms with Crippen molar-refractivity contribution in [1.82, 2.24) is 5.32 Å². The Morgan fingerprint density at radius 3 is 2.69 bits per heavy atom. The smallest absolute Gasteiger partial charge is 0.0794 e. The Balaban J connectivity index is 2.07. The van der Waals surface area contributed by atoms with Gasteiger partial charge in [-0.3, -0.25) is 0 Å². The van der Waals surface area contributed by atoms with Crippen LogP contribution in [0.2, 0.25) is 0 Å². The van der Waals surface area contributed by atoms with Crippen molar-refractivity contribution in [2.75, 3.05) is 6.54 Å². The number of hydrogen-bond acceptors (Lipinski definition) is 3. The van der Waals surface area contributed by atoms with Crippen molar-refractivity contribution in [1.29, 1.82) is 5.26 Å². The van der Waals surface area contributed by atoms with Gasteiger partial charge in [0.1, 0.15) is 0 Å². The molecule has 2 N–H and O–H groups in total. The van der Waals surface area contributed by atoms with Gasteiger partial charge in [0.2, 0.25) is 0 Å². The highest BCUT2D eigenvalue weighted by atomic mass is 16.3. The molecule has 0 aromatic carbocycles. The van der Waals surface area contributed by atoms with Gasteiger partial charge in [-0.05, 0) is 12.8 Å². The number of aliphatic hydroxyl groups excluding tert-OH is 1. The Morgan fingerprint density at radius 1 is 1.38 bits per heavy atom. The number of nitriles is 1. The lowest BCUT2D eigenvalue weighted by Gasteiger charge is -2.23. The monoisotopic (exact) mass is 182 g/mol. The van der Waals surface area contributed by atoms with E-state index in [1.54, 1.807) is 0 Å². The molecule has 0 heterocycles. The summed E-state index contributed by atoms with van der Waals surface area (Å²) in [5.41, 5.74) is 0. The molecule has 1 aliphatic rings. The van der Waals surface area contributed by atoms with Crippen LogP contribution in [0.4, 0.5) is 0 Å². The van der Waals surface area contributed by atoms with Crippen LogP contribution < -0.4 is 5.32 Å². The van der Waals surface area contributed by atoms with Crippen molar-refractivity contribution in [3.8, 4) is 6.07 Å². The third-order valence-corrected chi connectivity index (χ3v) is 2.57. The largest absolute Gasteiger partial charge is 0.391 e. The number of aliphatic hydroxyl groups is 1. The van der Waals surface area contributed by atoms with E-state index in [0.29, 0.717) is 12.6 Å². The fraction of sp³-hybridized carbons (Fsp3) is 0.900. The second kappa shape index (κ2) is 5.95. The van der Waals surface area contributed by atoms with Crippen LogP contribution in [0.25, 0.3) is 0 Å². The number of rotatable bonds is 4. The van der Waals surface area contributed by atoms with E-state index in [1.165, 1.54) is 32.1 Å². The maximum atomic E-state index is 9.29. The maximum Gasteiger partial charge on any atom is 0.0794 e. The minimum absolute atomic E-state index is 0.236. The Bertz CT molecular complexity index is 170. The number of nitrogens with one attached hydrogen (secondary N) is 1. The molecule has 0 amide bonds. The summed E-state index contributed by atoms with van der Waals surface area (Å²) in [4.78, 5) is 0. The topological polar surface area (TPSA) is 56.0 Å². The van der Waals surface area contributed by atoms with Gasteiger partial charge < -0.3 is 10.4 Å². The lowest BCUT2D eigenvalue weighted by atomic mass is 9.95. The van der Waals surface area contributed by atoms with Crippen LogP contribution in [0.15, 0.2) is 0 Å². The van der Waals surface area contributed by atoms with E-state index in [2.05, 4.69) is 5.32 Å². The summed E-state index contributed by atoms with van der Waals surface area (Å²) in [5.74, 6) is 0. The highest BCUT2D eigenvalue weighted by Crippen LogP contribution is 2.17. The quantitative estimate of drug-likeness (QED) is 0.686. The zero-order valence-electron chi connectivity index (χ0n) is 8.00. The molecule has 1 atom stereocenters. The third-order valence-electron chi connectivity index (χ3n) is 2.57. The van der Waals surface area contributed by atoms with Crippen molar-refractivity contribution in [3.63, 3.8) is 0 Å². The summed E-state index contributed by atoms with van der Waals surface area (Å²) in [6, 6.07) is 2.54. The van der Waals surface area contributed by atoms with Gasteiger partial charge in [-0.15, -0.1) is 0 Å². The first-order valence-electron chi connectivity index (χ1n) is 5.11. The summed E-state index contributed by atoms with van der Waals surface area (Å²) < 4.78 is 0. The standard InChI is InChI=1S/C10H18N2O/c11-7-6-10(13)8-12-9-4-2-1-3-5-9/h9-10,12-13H,1-6,8H2.